The van der Waals surface area contributed by atoms with Gasteiger partial charge < -0.3 is 30.2 Å². The van der Waals surface area contributed by atoms with E-state index in [4.69, 9.17) is 15.2 Å². The molecule has 8 nitrogen and oxygen atoms in total. The number of nitrogens with zero attached hydrogens (tertiary/aromatic N) is 3. The van der Waals surface area contributed by atoms with Crippen LogP contribution in [0.2, 0.25) is 0 Å². The average Bonchev–Trinajstić information content (AvgIpc) is 3.19. The maximum absolute atomic E-state index is 9.88. The Bertz CT molecular complexity index is 954. The van der Waals surface area contributed by atoms with Gasteiger partial charge in [0.25, 0.3) is 0 Å². The number of ether oxygens (including phenoxy) is 2. The molecule has 2 aromatic heterocycles. The quantitative estimate of drug-likeness (QED) is 0.618. The van der Waals surface area contributed by atoms with E-state index in [2.05, 4.69) is 19.9 Å². The minimum absolute atomic E-state index is 0.210. The van der Waals surface area contributed by atoms with Gasteiger partial charge >= 0.3 is 0 Å². The number of aromatic amines is 1. The molecule has 2 aliphatic heterocycles. The van der Waals surface area contributed by atoms with Crippen LogP contribution in [0.25, 0.3) is 21.9 Å². The fourth-order valence-corrected chi connectivity index (χ4v) is 3.85. The van der Waals surface area contributed by atoms with E-state index in [0.29, 0.717) is 18.9 Å². The predicted octanol–water partition coefficient (Wildman–Crippen LogP) is 1.74. The van der Waals surface area contributed by atoms with Crippen LogP contribution >= 0.6 is 0 Å². The number of phenolic OH excluding ortho intramolecular Hbond substituents is 1. The summed E-state index contributed by atoms with van der Waals surface area (Å²) in [5.74, 6) is 0.785. The number of anilines is 2. The van der Waals surface area contributed by atoms with E-state index in [1.165, 1.54) is 0 Å². The van der Waals surface area contributed by atoms with Gasteiger partial charge in [-0.2, -0.15) is 9.97 Å². The van der Waals surface area contributed by atoms with E-state index >= 15 is 0 Å². The van der Waals surface area contributed by atoms with Crippen molar-refractivity contribution in [1.29, 1.82) is 0 Å². The fraction of sp³-hybridized carbons (Fsp3) is 0.412. The van der Waals surface area contributed by atoms with Crippen molar-refractivity contribution in [3.05, 3.63) is 18.2 Å². The van der Waals surface area contributed by atoms with Crippen LogP contribution in [0.1, 0.15) is 12.8 Å². The topological polar surface area (TPSA) is 110 Å². The third kappa shape index (κ3) is 2.29. The van der Waals surface area contributed by atoms with Crippen LogP contribution in [0, 0.1) is 0 Å². The first kappa shape index (κ1) is 14.7. The summed E-state index contributed by atoms with van der Waals surface area (Å²) < 4.78 is 11.6. The molecule has 0 atom stereocenters. The third-order valence-electron chi connectivity index (χ3n) is 5.07. The molecule has 4 heterocycles. The van der Waals surface area contributed by atoms with Crippen LogP contribution in [0.3, 0.4) is 0 Å². The smallest absolute Gasteiger partial charge is 0.223 e. The molecule has 8 heteroatoms. The van der Waals surface area contributed by atoms with Crippen molar-refractivity contribution in [3.63, 3.8) is 0 Å². The number of hydrogen-bond acceptors (Lipinski definition) is 7. The summed E-state index contributed by atoms with van der Waals surface area (Å²) in [5, 5.41) is 11.6. The Morgan fingerprint density at radius 1 is 1.16 bits per heavy atom. The van der Waals surface area contributed by atoms with E-state index < -0.39 is 5.79 Å². The summed E-state index contributed by atoms with van der Waals surface area (Å²) in [6.45, 7) is 2.84. The van der Waals surface area contributed by atoms with Gasteiger partial charge in [-0.05, 0) is 18.2 Å². The molecule has 0 bridgehead atoms. The molecule has 0 unspecified atom stereocenters. The Hall–Kier alpha value is -2.58. The molecular weight excluding hydrogens is 322 g/mol. The van der Waals surface area contributed by atoms with Crippen LogP contribution in [0.15, 0.2) is 18.2 Å². The molecule has 130 valence electrons. The standard InChI is InChI=1S/C17H19N5O3/c18-16-20-14-13(11-9-10(23)1-2-12(11)19-14)15(21-16)22-5-3-17(4-6-22)24-7-8-25-17/h1-2,9,23H,3-8H2,(H3,18,19,20,21). The van der Waals surface area contributed by atoms with Crippen molar-refractivity contribution in [3.8, 4) is 5.75 Å². The lowest BCUT2D eigenvalue weighted by Gasteiger charge is -2.38. The molecule has 0 aliphatic carbocycles. The molecule has 2 aliphatic rings. The minimum atomic E-state index is -0.438. The first-order valence-electron chi connectivity index (χ1n) is 8.44. The van der Waals surface area contributed by atoms with Gasteiger partial charge in [-0.15, -0.1) is 0 Å². The Balaban J connectivity index is 1.60. The number of fused-ring (bicyclic) bond motifs is 3. The minimum Gasteiger partial charge on any atom is -0.508 e. The van der Waals surface area contributed by atoms with Crippen molar-refractivity contribution in [1.82, 2.24) is 15.0 Å². The predicted molar refractivity (Wildman–Crippen MR) is 93.6 cm³/mol. The number of hydrogen-bond donors (Lipinski definition) is 3. The Kier molecular flexibility index (Phi) is 3.07. The summed E-state index contributed by atoms with van der Waals surface area (Å²) in [4.78, 5) is 14.3. The molecule has 0 amide bonds. The third-order valence-corrected chi connectivity index (χ3v) is 5.07. The Morgan fingerprint density at radius 3 is 2.68 bits per heavy atom. The number of rotatable bonds is 1. The Morgan fingerprint density at radius 2 is 1.92 bits per heavy atom. The SMILES string of the molecule is Nc1nc(N2CCC3(CC2)OCCO3)c2c(n1)[nH]c1ccc(O)cc12. The van der Waals surface area contributed by atoms with Gasteiger partial charge in [0.2, 0.25) is 5.95 Å². The molecule has 2 saturated heterocycles. The molecule has 0 saturated carbocycles. The van der Waals surface area contributed by atoms with Crippen LogP contribution < -0.4 is 10.6 Å². The van der Waals surface area contributed by atoms with Crippen LogP contribution in [0.4, 0.5) is 11.8 Å². The highest BCUT2D eigenvalue weighted by Gasteiger charge is 2.40. The van der Waals surface area contributed by atoms with E-state index in [0.717, 1.165) is 48.0 Å². The lowest BCUT2D eigenvalue weighted by atomic mass is 10.0. The maximum atomic E-state index is 9.88. The zero-order chi connectivity index (χ0) is 17.0. The van der Waals surface area contributed by atoms with Gasteiger partial charge in [-0.3, -0.25) is 0 Å². The van der Waals surface area contributed by atoms with Crippen molar-refractivity contribution < 1.29 is 14.6 Å². The molecule has 1 spiro atoms. The van der Waals surface area contributed by atoms with E-state index in [1.54, 1.807) is 12.1 Å². The fourth-order valence-electron chi connectivity index (χ4n) is 3.85. The van der Waals surface area contributed by atoms with Crippen molar-refractivity contribution in [2.75, 3.05) is 36.9 Å². The number of piperidine rings is 1. The first-order valence-corrected chi connectivity index (χ1v) is 8.44. The number of benzene rings is 1. The summed E-state index contributed by atoms with van der Waals surface area (Å²) in [7, 11) is 0. The number of aromatic hydroxyl groups is 1. The molecule has 2 fully saturated rings. The molecule has 0 radical (unpaired) electrons. The van der Waals surface area contributed by atoms with Gasteiger partial charge in [-0.25, -0.2) is 0 Å². The molecule has 4 N–H and O–H groups in total. The first-order chi connectivity index (χ1) is 12.1. The van der Waals surface area contributed by atoms with Crippen LogP contribution in [-0.2, 0) is 9.47 Å². The number of aromatic nitrogens is 3. The number of H-pyrrole nitrogens is 1. The van der Waals surface area contributed by atoms with Gasteiger partial charge in [-0.1, -0.05) is 0 Å². The lowest BCUT2D eigenvalue weighted by molar-refractivity contribution is -0.169. The number of nitrogen functional groups attached to an aromatic ring is 1. The van der Waals surface area contributed by atoms with E-state index in [1.807, 2.05) is 6.07 Å². The molecule has 1 aromatic carbocycles. The number of nitrogens with one attached hydrogen (secondary N) is 1. The molecular formula is C17H19N5O3. The van der Waals surface area contributed by atoms with Crippen molar-refractivity contribution in [2.24, 2.45) is 0 Å². The summed E-state index contributed by atoms with van der Waals surface area (Å²) in [6.07, 6.45) is 1.57. The zero-order valence-corrected chi connectivity index (χ0v) is 13.7. The second-order valence-electron chi connectivity index (χ2n) is 6.58. The van der Waals surface area contributed by atoms with Crippen LogP contribution in [-0.4, -0.2) is 52.1 Å². The monoisotopic (exact) mass is 341 g/mol. The van der Waals surface area contributed by atoms with Gasteiger partial charge in [0.1, 0.15) is 17.2 Å². The summed E-state index contributed by atoms with van der Waals surface area (Å²) in [6, 6.07) is 5.21. The second kappa shape index (κ2) is 5.21. The Labute approximate surface area is 143 Å². The highest BCUT2D eigenvalue weighted by atomic mass is 16.7. The largest absolute Gasteiger partial charge is 0.508 e. The van der Waals surface area contributed by atoms with Gasteiger partial charge in [0, 0.05) is 36.8 Å². The van der Waals surface area contributed by atoms with Crippen molar-refractivity contribution >= 4 is 33.7 Å². The van der Waals surface area contributed by atoms with Gasteiger partial charge in [0.15, 0.2) is 5.79 Å². The second-order valence-corrected chi connectivity index (χ2v) is 6.58. The summed E-state index contributed by atoms with van der Waals surface area (Å²) in [5.41, 5.74) is 7.50. The summed E-state index contributed by atoms with van der Waals surface area (Å²) >= 11 is 0. The number of phenols is 1. The highest BCUT2D eigenvalue weighted by molar-refractivity contribution is 6.12. The highest BCUT2D eigenvalue weighted by Crippen LogP contribution is 2.37. The maximum Gasteiger partial charge on any atom is 0.223 e. The normalized spacial score (nSPS) is 20.1. The van der Waals surface area contributed by atoms with Crippen LogP contribution in [0.5, 0.6) is 5.75 Å². The average molecular weight is 341 g/mol. The molecule has 5 rings (SSSR count). The molecule has 25 heavy (non-hydrogen) atoms. The number of nitrogens with two attached hydrogens (primary N) is 1. The lowest BCUT2D eigenvalue weighted by Crippen LogP contribution is -2.45. The molecule has 3 aromatic rings. The van der Waals surface area contributed by atoms with Gasteiger partial charge in [0.05, 0.1) is 18.6 Å². The van der Waals surface area contributed by atoms with E-state index in [9.17, 15) is 5.11 Å². The zero-order valence-electron chi connectivity index (χ0n) is 13.7. The van der Waals surface area contributed by atoms with E-state index in [-0.39, 0.29) is 11.7 Å². The van der Waals surface area contributed by atoms with Crippen molar-refractivity contribution in [2.45, 2.75) is 18.6 Å².